The number of rotatable bonds is 6. The molecule has 1 atom stereocenters. The van der Waals surface area contributed by atoms with Crippen LogP contribution < -0.4 is 5.32 Å². The number of aromatic nitrogens is 5. The molecule has 5 aromatic rings. The van der Waals surface area contributed by atoms with Gasteiger partial charge >= 0.3 is 0 Å². The van der Waals surface area contributed by atoms with Crippen LogP contribution >= 0.6 is 22.9 Å². The maximum absolute atomic E-state index is 11.1. The number of aromatic amines is 1. The van der Waals surface area contributed by atoms with Crippen LogP contribution in [-0.4, -0.2) is 30.3 Å². The van der Waals surface area contributed by atoms with Crippen LogP contribution in [0.4, 0.5) is 11.8 Å². The van der Waals surface area contributed by atoms with Gasteiger partial charge in [0.2, 0.25) is 0 Å². The van der Waals surface area contributed by atoms with E-state index in [4.69, 9.17) is 16.0 Å². The molecule has 31 heavy (non-hydrogen) atoms. The lowest BCUT2D eigenvalue weighted by Crippen LogP contribution is -2.00. The minimum atomic E-state index is -0.853. The summed E-state index contributed by atoms with van der Waals surface area (Å²) in [5.74, 6) is 1.18. The number of nitrogens with zero attached hydrogens (tertiary/aromatic N) is 4. The Morgan fingerprint density at radius 2 is 1.97 bits per heavy atom. The maximum Gasteiger partial charge on any atom is 0.300 e. The third kappa shape index (κ3) is 4.06. The molecular weight excluding hydrogens is 436 g/mol. The van der Waals surface area contributed by atoms with Gasteiger partial charge in [0.1, 0.15) is 24.5 Å². The van der Waals surface area contributed by atoms with E-state index in [9.17, 15) is 5.11 Å². The van der Waals surface area contributed by atoms with E-state index >= 15 is 0 Å². The fraction of sp³-hybridized carbons (Fsp3) is 0.0476. The quantitative estimate of drug-likeness (QED) is 0.331. The second-order valence-electron chi connectivity index (χ2n) is 6.58. The molecule has 4 aromatic heterocycles. The third-order valence-corrected chi connectivity index (χ3v) is 6.04. The van der Waals surface area contributed by atoms with Crippen LogP contribution in [0.5, 0.6) is 0 Å². The Kier molecular flexibility index (Phi) is 5.21. The van der Waals surface area contributed by atoms with Gasteiger partial charge in [-0.1, -0.05) is 23.7 Å². The number of benzene rings is 1. The molecule has 5 rings (SSSR count). The Balaban J connectivity index is 1.54. The lowest BCUT2D eigenvalue weighted by molar-refractivity contribution is 0.221. The average Bonchev–Trinajstić information content (AvgIpc) is 3.55. The number of halogens is 1. The number of H-pyrrole nitrogens is 1. The molecular formula is C21H15ClN6O2S. The first-order chi connectivity index (χ1) is 15.2. The SMILES string of the molecule is OC(c1ccc(Cl)cc1)c1cc(-c2ccnc(Nc3ncco3)c2)sc1-c1nnc[nH]1. The molecule has 0 bridgehead atoms. The van der Waals surface area contributed by atoms with Crippen LogP contribution in [0, 0.1) is 0 Å². The van der Waals surface area contributed by atoms with E-state index in [0.717, 1.165) is 26.4 Å². The van der Waals surface area contributed by atoms with Gasteiger partial charge in [0.05, 0.1) is 11.1 Å². The zero-order chi connectivity index (χ0) is 21.2. The number of thiophene rings is 1. The monoisotopic (exact) mass is 450 g/mol. The van der Waals surface area contributed by atoms with E-state index in [1.54, 1.807) is 36.7 Å². The molecule has 0 aliphatic carbocycles. The van der Waals surface area contributed by atoms with E-state index in [2.05, 4.69) is 30.5 Å². The van der Waals surface area contributed by atoms with Gasteiger partial charge in [-0.2, -0.15) is 0 Å². The van der Waals surface area contributed by atoms with Gasteiger partial charge in [-0.15, -0.1) is 21.5 Å². The zero-order valence-corrected chi connectivity index (χ0v) is 17.4. The summed E-state index contributed by atoms with van der Waals surface area (Å²) < 4.78 is 5.22. The Morgan fingerprint density at radius 3 is 2.71 bits per heavy atom. The normalized spacial score (nSPS) is 12.1. The summed E-state index contributed by atoms with van der Waals surface area (Å²) in [6.45, 7) is 0. The first-order valence-electron chi connectivity index (χ1n) is 9.24. The van der Waals surface area contributed by atoms with Gasteiger partial charge in [-0.3, -0.25) is 5.32 Å². The molecule has 10 heteroatoms. The number of oxazole rings is 1. The van der Waals surface area contributed by atoms with Crippen molar-refractivity contribution in [3.63, 3.8) is 0 Å². The molecule has 0 saturated heterocycles. The second-order valence-corrected chi connectivity index (χ2v) is 8.07. The smallest absolute Gasteiger partial charge is 0.300 e. The van der Waals surface area contributed by atoms with Gasteiger partial charge in [0.15, 0.2) is 5.82 Å². The van der Waals surface area contributed by atoms with Crippen molar-refractivity contribution in [3.05, 3.63) is 83.6 Å². The molecule has 0 amide bonds. The molecule has 0 fully saturated rings. The van der Waals surface area contributed by atoms with Crippen molar-refractivity contribution in [1.29, 1.82) is 0 Å². The first kappa shape index (κ1) is 19.4. The van der Waals surface area contributed by atoms with Crippen molar-refractivity contribution in [2.24, 2.45) is 0 Å². The predicted octanol–water partition coefficient (Wildman–Crippen LogP) is 5.06. The first-order valence-corrected chi connectivity index (χ1v) is 10.4. The Labute approximate surface area is 185 Å². The summed E-state index contributed by atoms with van der Waals surface area (Å²) >= 11 is 7.50. The molecule has 0 saturated carbocycles. The predicted molar refractivity (Wildman–Crippen MR) is 118 cm³/mol. The van der Waals surface area contributed by atoms with Crippen molar-refractivity contribution in [2.45, 2.75) is 6.10 Å². The topological polar surface area (TPSA) is 113 Å². The van der Waals surface area contributed by atoms with Gasteiger partial charge < -0.3 is 14.5 Å². The maximum atomic E-state index is 11.1. The lowest BCUT2D eigenvalue weighted by atomic mass is 10.0. The van der Waals surface area contributed by atoms with E-state index in [0.29, 0.717) is 22.7 Å². The molecule has 1 unspecified atom stereocenters. The lowest BCUT2D eigenvalue weighted by Gasteiger charge is -2.11. The van der Waals surface area contributed by atoms with Gasteiger partial charge in [0.25, 0.3) is 6.01 Å². The fourth-order valence-electron chi connectivity index (χ4n) is 3.12. The number of hydrogen-bond donors (Lipinski definition) is 3. The highest BCUT2D eigenvalue weighted by atomic mass is 35.5. The fourth-order valence-corrected chi connectivity index (χ4v) is 4.38. The Hall–Kier alpha value is -3.53. The minimum absolute atomic E-state index is 0.358. The highest BCUT2D eigenvalue weighted by molar-refractivity contribution is 7.19. The number of aliphatic hydroxyl groups excluding tert-OH is 1. The third-order valence-electron chi connectivity index (χ3n) is 4.58. The van der Waals surface area contributed by atoms with E-state index < -0.39 is 6.10 Å². The number of pyridine rings is 1. The van der Waals surface area contributed by atoms with Crippen LogP contribution in [-0.2, 0) is 0 Å². The van der Waals surface area contributed by atoms with E-state index in [1.165, 1.54) is 23.9 Å². The molecule has 0 spiro atoms. The van der Waals surface area contributed by atoms with Crippen LogP contribution in [0.3, 0.4) is 0 Å². The minimum Gasteiger partial charge on any atom is -0.432 e. The molecule has 0 aliphatic rings. The molecule has 154 valence electrons. The van der Waals surface area contributed by atoms with Gasteiger partial charge in [-0.25, -0.2) is 9.97 Å². The van der Waals surface area contributed by atoms with E-state index in [-0.39, 0.29) is 0 Å². The van der Waals surface area contributed by atoms with Crippen LogP contribution in [0.15, 0.2) is 71.9 Å². The summed E-state index contributed by atoms with van der Waals surface area (Å²) in [7, 11) is 0. The van der Waals surface area contributed by atoms with Crippen LogP contribution in [0.2, 0.25) is 5.02 Å². The average molecular weight is 451 g/mol. The van der Waals surface area contributed by atoms with Crippen molar-refractivity contribution in [1.82, 2.24) is 25.1 Å². The summed E-state index contributed by atoms with van der Waals surface area (Å²) in [5, 5.41) is 22.8. The summed E-state index contributed by atoms with van der Waals surface area (Å²) in [6, 6.07) is 13.2. The number of nitrogens with one attached hydrogen (secondary N) is 2. The summed E-state index contributed by atoms with van der Waals surface area (Å²) in [4.78, 5) is 13.1. The number of hydrogen-bond acceptors (Lipinski definition) is 8. The van der Waals surface area contributed by atoms with Crippen molar-refractivity contribution in [3.8, 4) is 21.1 Å². The van der Waals surface area contributed by atoms with Gasteiger partial charge in [0, 0.05) is 21.7 Å². The zero-order valence-electron chi connectivity index (χ0n) is 15.9. The van der Waals surface area contributed by atoms with E-state index in [1.807, 2.05) is 18.2 Å². The van der Waals surface area contributed by atoms with Crippen molar-refractivity contribution in [2.75, 3.05) is 5.32 Å². The molecule has 1 aromatic carbocycles. The highest BCUT2D eigenvalue weighted by Gasteiger charge is 2.22. The Bertz CT molecular complexity index is 1290. The van der Waals surface area contributed by atoms with Crippen LogP contribution in [0.25, 0.3) is 21.1 Å². The standard InChI is InChI=1S/C21H15ClN6O2S/c22-14-3-1-12(2-4-14)18(29)15-10-16(31-19(15)20-25-11-26-28-20)13-5-6-23-17(9-13)27-21-24-7-8-30-21/h1-11,18,29H,(H,23,24,27)(H,25,26,28). The molecule has 0 aliphatic heterocycles. The molecule has 0 radical (unpaired) electrons. The van der Waals surface area contributed by atoms with Gasteiger partial charge in [-0.05, 0) is 41.5 Å². The summed E-state index contributed by atoms with van der Waals surface area (Å²) in [5.41, 5.74) is 2.37. The molecule has 3 N–H and O–H groups in total. The number of aliphatic hydroxyl groups is 1. The Morgan fingerprint density at radius 1 is 1.10 bits per heavy atom. The summed E-state index contributed by atoms with van der Waals surface area (Å²) in [6.07, 6.45) is 5.40. The molecule has 8 nitrogen and oxygen atoms in total. The van der Waals surface area contributed by atoms with Crippen molar-refractivity contribution >= 4 is 34.8 Å². The second kappa shape index (κ2) is 8.31. The molecule has 4 heterocycles. The van der Waals surface area contributed by atoms with Crippen molar-refractivity contribution < 1.29 is 9.52 Å². The van der Waals surface area contributed by atoms with Crippen LogP contribution in [0.1, 0.15) is 17.2 Å². The largest absolute Gasteiger partial charge is 0.432 e. The number of anilines is 2. The highest BCUT2D eigenvalue weighted by Crippen LogP contribution is 2.41.